The smallest absolute Gasteiger partial charge is 0.409 e. The van der Waals surface area contributed by atoms with Crippen LogP contribution in [0.1, 0.15) is 44.1 Å². The summed E-state index contributed by atoms with van der Waals surface area (Å²) in [5.41, 5.74) is 0.733. The number of amides is 2. The first kappa shape index (κ1) is 17.7. The molecule has 0 aromatic heterocycles. The van der Waals surface area contributed by atoms with Gasteiger partial charge in [-0.15, -0.1) is 0 Å². The Morgan fingerprint density at radius 2 is 2.12 bits per heavy atom. The highest BCUT2D eigenvalue weighted by Crippen LogP contribution is 2.39. The van der Waals surface area contributed by atoms with Gasteiger partial charge in [0.25, 0.3) is 0 Å². The molecule has 1 aromatic carbocycles. The van der Waals surface area contributed by atoms with Crippen LogP contribution in [0.5, 0.6) is 0 Å². The number of carbonyl (C=O) groups is 2. The van der Waals surface area contributed by atoms with Crippen LogP contribution in [0, 0.1) is 11.7 Å². The van der Waals surface area contributed by atoms with Crippen LogP contribution in [0.3, 0.4) is 0 Å². The van der Waals surface area contributed by atoms with Crippen molar-refractivity contribution in [3.8, 4) is 0 Å². The van der Waals surface area contributed by atoms with Gasteiger partial charge < -0.3 is 15.1 Å². The summed E-state index contributed by atoms with van der Waals surface area (Å²) in [4.78, 5) is 24.6. The lowest BCUT2D eigenvalue weighted by Gasteiger charge is -2.39. The predicted octanol–water partition coefficient (Wildman–Crippen LogP) is 2.96. The van der Waals surface area contributed by atoms with Crippen LogP contribution in [-0.4, -0.2) is 39.4 Å². The van der Waals surface area contributed by atoms with Crippen molar-refractivity contribution in [1.82, 2.24) is 4.90 Å². The van der Waals surface area contributed by atoms with Gasteiger partial charge in [0.05, 0.1) is 5.69 Å². The number of carboxylic acid groups (broad SMARTS) is 1. The number of halogens is 1. The van der Waals surface area contributed by atoms with Crippen LogP contribution in [0.2, 0.25) is 0 Å². The Morgan fingerprint density at radius 1 is 1.36 bits per heavy atom. The Morgan fingerprint density at radius 3 is 2.76 bits per heavy atom. The number of rotatable bonds is 6. The van der Waals surface area contributed by atoms with Crippen molar-refractivity contribution in [1.29, 1.82) is 0 Å². The van der Waals surface area contributed by atoms with Gasteiger partial charge in [-0.1, -0.05) is 6.07 Å². The van der Waals surface area contributed by atoms with E-state index >= 15 is 0 Å². The van der Waals surface area contributed by atoms with E-state index in [0.717, 1.165) is 24.8 Å². The molecular weight excluding hydrogens is 327 g/mol. The molecule has 2 unspecified atom stereocenters. The van der Waals surface area contributed by atoms with Crippen molar-refractivity contribution in [3.05, 3.63) is 29.6 Å². The largest absolute Gasteiger partial charge is 0.465 e. The molecule has 1 saturated heterocycles. The second-order valence-corrected chi connectivity index (χ2v) is 6.86. The number of nitrogens with zero attached hydrogens (tertiary/aromatic N) is 1. The number of hydrogen-bond acceptors (Lipinski definition) is 3. The predicted molar refractivity (Wildman–Crippen MR) is 89.6 cm³/mol. The molecular formula is C18H23FN2O4. The van der Waals surface area contributed by atoms with Gasteiger partial charge in [-0.2, -0.15) is 0 Å². The van der Waals surface area contributed by atoms with E-state index in [9.17, 15) is 19.1 Å². The topological polar surface area (TPSA) is 89.9 Å². The average Bonchev–Trinajstić information content (AvgIpc) is 3.37. The number of aliphatic hydroxyl groups is 1. The van der Waals surface area contributed by atoms with Gasteiger partial charge in [0.2, 0.25) is 5.91 Å². The maximum Gasteiger partial charge on any atom is 0.409 e. The van der Waals surface area contributed by atoms with E-state index in [-0.39, 0.29) is 17.6 Å². The van der Waals surface area contributed by atoms with E-state index in [0.29, 0.717) is 31.6 Å². The summed E-state index contributed by atoms with van der Waals surface area (Å²) in [5.74, 6) is -0.205. The summed E-state index contributed by atoms with van der Waals surface area (Å²) in [5, 5.41) is 21.1. The number of anilines is 1. The van der Waals surface area contributed by atoms with Gasteiger partial charge in [0.15, 0.2) is 0 Å². The molecule has 1 heterocycles. The summed E-state index contributed by atoms with van der Waals surface area (Å²) in [6.07, 6.45) is 3.14. The standard InChI is InChI=1S/C18H23FN2O4/c19-13-8-4-11(10-14(13)20-18(24)25)5-9-15(12-6-7-12)21-16(22)2-1-3-17(21)23/h4,8,10,12,15-16,20,22H,1-3,5-7,9H2,(H,24,25). The summed E-state index contributed by atoms with van der Waals surface area (Å²) in [6, 6.07) is 4.35. The van der Waals surface area contributed by atoms with Crippen LogP contribution in [0.25, 0.3) is 0 Å². The van der Waals surface area contributed by atoms with Crippen molar-refractivity contribution in [2.45, 2.75) is 57.2 Å². The number of aryl methyl sites for hydroxylation is 1. The van der Waals surface area contributed by atoms with Crippen molar-refractivity contribution in [3.63, 3.8) is 0 Å². The number of benzene rings is 1. The zero-order chi connectivity index (χ0) is 18.0. The first-order chi connectivity index (χ1) is 12.0. The molecule has 1 aliphatic carbocycles. The van der Waals surface area contributed by atoms with Gasteiger partial charge in [0, 0.05) is 12.5 Å². The molecule has 136 valence electrons. The van der Waals surface area contributed by atoms with Gasteiger partial charge >= 0.3 is 6.09 Å². The number of aliphatic hydroxyl groups excluding tert-OH is 1. The van der Waals surface area contributed by atoms with Gasteiger partial charge in [-0.05, 0) is 62.1 Å². The number of carbonyl (C=O) groups excluding carboxylic acids is 1. The lowest BCUT2D eigenvalue weighted by Crippen LogP contribution is -2.50. The molecule has 2 atom stereocenters. The molecule has 2 aliphatic rings. The molecule has 6 nitrogen and oxygen atoms in total. The first-order valence-electron chi connectivity index (χ1n) is 8.73. The van der Waals surface area contributed by atoms with Crippen molar-refractivity contribution < 1.29 is 24.2 Å². The highest BCUT2D eigenvalue weighted by atomic mass is 19.1. The molecule has 0 radical (unpaired) electrons. The Kier molecular flexibility index (Phi) is 5.22. The Balaban J connectivity index is 1.70. The summed E-state index contributed by atoms with van der Waals surface area (Å²) >= 11 is 0. The highest BCUT2D eigenvalue weighted by Gasteiger charge is 2.40. The fourth-order valence-electron chi connectivity index (χ4n) is 3.61. The molecule has 2 amide bonds. The molecule has 0 bridgehead atoms. The third-order valence-corrected chi connectivity index (χ3v) is 4.99. The fraction of sp³-hybridized carbons (Fsp3) is 0.556. The minimum Gasteiger partial charge on any atom is -0.465 e. The molecule has 7 heteroatoms. The Hall–Kier alpha value is -2.15. The molecule has 3 rings (SSSR count). The molecule has 2 fully saturated rings. The van der Waals surface area contributed by atoms with Crippen molar-refractivity contribution in [2.75, 3.05) is 5.32 Å². The zero-order valence-corrected chi connectivity index (χ0v) is 13.9. The number of hydrogen-bond donors (Lipinski definition) is 3. The number of piperidine rings is 1. The van der Waals surface area contributed by atoms with Crippen LogP contribution >= 0.6 is 0 Å². The molecule has 1 saturated carbocycles. The monoisotopic (exact) mass is 350 g/mol. The second-order valence-electron chi connectivity index (χ2n) is 6.86. The lowest BCUT2D eigenvalue weighted by atomic mass is 9.96. The van der Waals surface area contributed by atoms with Gasteiger partial charge in [-0.25, -0.2) is 9.18 Å². The summed E-state index contributed by atoms with van der Waals surface area (Å²) in [7, 11) is 0. The van der Waals surface area contributed by atoms with Gasteiger partial charge in [-0.3, -0.25) is 10.1 Å². The quantitative estimate of drug-likeness (QED) is 0.736. The first-order valence-corrected chi connectivity index (χ1v) is 8.73. The minimum absolute atomic E-state index is 0.00277. The summed E-state index contributed by atoms with van der Waals surface area (Å²) < 4.78 is 13.6. The van der Waals surface area contributed by atoms with Crippen LogP contribution in [0.4, 0.5) is 14.9 Å². The van der Waals surface area contributed by atoms with Crippen LogP contribution in [-0.2, 0) is 11.2 Å². The minimum atomic E-state index is -1.31. The normalized spacial score (nSPS) is 21.9. The van der Waals surface area contributed by atoms with E-state index in [1.807, 2.05) is 0 Å². The average molecular weight is 350 g/mol. The third kappa shape index (κ3) is 4.28. The molecule has 25 heavy (non-hydrogen) atoms. The maximum absolute atomic E-state index is 13.6. The SMILES string of the molecule is O=C(O)Nc1cc(CCC(C2CC2)N2C(=O)CCCC2O)ccc1F. The molecule has 0 spiro atoms. The van der Waals surface area contributed by atoms with Gasteiger partial charge in [0.1, 0.15) is 12.0 Å². The summed E-state index contributed by atoms with van der Waals surface area (Å²) in [6.45, 7) is 0. The van der Waals surface area contributed by atoms with Crippen molar-refractivity contribution in [2.24, 2.45) is 5.92 Å². The van der Waals surface area contributed by atoms with E-state index in [1.165, 1.54) is 12.1 Å². The zero-order valence-electron chi connectivity index (χ0n) is 13.9. The molecule has 1 aliphatic heterocycles. The molecule has 3 N–H and O–H groups in total. The van der Waals surface area contributed by atoms with Crippen LogP contribution in [0.15, 0.2) is 18.2 Å². The Labute approximate surface area is 145 Å². The van der Waals surface area contributed by atoms with E-state index in [4.69, 9.17) is 5.11 Å². The maximum atomic E-state index is 13.6. The van der Waals surface area contributed by atoms with E-state index in [2.05, 4.69) is 5.32 Å². The van der Waals surface area contributed by atoms with Crippen LogP contribution < -0.4 is 5.32 Å². The third-order valence-electron chi connectivity index (χ3n) is 4.99. The number of nitrogens with one attached hydrogen (secondary N) is 1. The second kappa shape index (κ2) is 7.39. The number of likely N-dealkylation sites (tertiary alicyclic amines) is 1. The highest BCUT2D eigenvalue weighted by molar-refractivity contribution is 5.83. The van der Waals surface area contributed by atoms with E-state index in [1.54, 1.807) is 11.0 Å². The Bertz CT molecular complexity index is 662. The fourth-order valence-corrected chi connectivity index (χ4v) is 3.61. The van der Waals surface area contributed by atoms with Crippen molar-refractivity contribution >= 4 is 17.7 Å². The van der Waals surface area contributed by atoms with E-state index < -0.39 is 18.1 Å². The lowest BCUT2D eigenvalue weighted by molar-refractivity contribution is -0.152. The molecule has 1 aromatic rings.